The molecule has 33 heavy (non-hydrogen) atoms. The van der Waals surface area contributed by atoms with Crippen LogP contribution < -0.4 is 20.8 Å². The van der Waals surface area contributed by atoms with Crippen molar-refractivity contribution < 1.29 is 14.3 Å². The first-order valence-corrected chi connectivity index (χ1v) is 11.0. The summed E-state index contributed by atoms with van der Waals surface area (Å²) in [7, 11) is 1.57. The molecule has 1 atom stereocenters. The molecule has 1 heterocycles. The summed E-state index contributed by atoms with van der Waals surface area (Å²) in [5.41, 5.74) is 2.98. The van der Waals surface area contributed by atoms with Crippen LogP contribution in [0.25, 0.3) is 5.57 Å². The molecule has 3 amide bonds. The van der Waals surface area contributed by atoms with Gasteiger partial charge in [0, 0.05) is 25.3 Å². The van der Waals surface area contributed by atoms with Gasteiger partial charge in [-0.3, -0.25) is 9.69 Å². The summed E-state index contributed by atoms with van der Waals surface area (Å²) in [6.07, 6.45) is 1.48. The number of nitrogens with two attached hydrogens (primary N) is 1. The molecule has 1 saturated heterocycles. The molecule has 2 aromatic rings. The first kappa shape index (κ1) is 25.5. The molecule has 0 aliphatic carbocycles. The molecule has 3 rings (SSSR count). The molecule has 0 radical (unpaired) electrons. The van der Waals surface area contributed by atoms with Gasteiger partial charge in [-0.1, -0.05) is 44.7 Å². The minimum Gasteiger partial charge on any atom is -0.497 e. The number of benzene rings is 2. The van der Waals surface area contributed by atoms with Crippen molar-refractivity contribution in [3.05, 3.63) is 66.2 Å². The molecule has 176 valence electrons. The lowest BCUT2D eigenvalue weighted by atomic mass is 10.0. The molecule has 1 aliphatic rings. The van der Waals surface area contributed by atoms with Crippen LogP contribution in [0.5, 0.6) is 5.75 Å². The van der Waals surface area contributed by atoms with Crippen LogP contribution in [0.1, 0.15) is 37.9 Å². The summed E-state index contributed by atoms with van der Waals surface area (Å²) in [6.45, 7) is 11.1. The van der Waals surface area contributed by atoms with Crippen molar-refractivity contribution in [2.45, 2.75) is 26.8 Å². The van der Waals surface area contributed by atoms with E-state index in [4.69, 9.17) is 10.6 Å². The highest BCUT2D eigenvalue weighted by Crippen LogP contribution is 2.30. The number of hydrogen-bond acceptors (Lipinski definition) is 5. The Hall–Kier alpha value is -3.81. The maximum atomic E-state index is 13.3. The summed E-state index contributed by atoms with van der Waals surface area (Å²) in [5, 5.41) is 6.32. The van der Waals surface area contributed by atoms with Gasteiger partial charge in [0.2, 0.25) is 5.91 Å². The second kappa shape index (κ2) is 12.3. The first-order chi connectivity index (χ1) is 16.0. The second-order valence-electron chi connectivity index (χ2n) is 7.05. The number of anilines is 1. The van der Waals surface area contributed by atoms with E-state index >= 15 is 0 Å². The number of carbonyl (C=O) groups is 2. The maximum Gasteiger partial charge on any atom is 0.325 e. The number of nitrogens with zero attached hydrogens (tertiary/aromatic N) is 3. The standard InChI is InChI=1S/C23H27N5O3.C2H6/c1-4-25-22(29)21(18-6-5-7-20(14-18)31-3)28-13-12-27(23(28)30)19-10-8-17(9-11-19)16(2)15-26-24;1-2/h5-11,14-15,21H,2,4,12-13,24H2,1,3H3,(H,25,29);1-2H3/b26-15-;. The summed E-state index contributed by atoms with van der Waals surface area (Å²) >= 11 is 0. The van der Waals surface area contributed by atoms with E-state index in [-0.39, 0.29) is 11.9 Å². The van der Waals surface area contributed by atoms with Gasteiger partial charge >= 0.3 is 6.03 Å². The third-order valence-corrected chi connectivity index (χ3v) is 5.14. The molecule has 0 bridgehead atoms. The fourth-order valence-electron chi connectivity index (χ4n) is 3.61. The van der Waals surface area contributed by atoms with Crippen LogP contribution in [-0.2, 0) is 4.79 Å². The maximum absolute atomic E-state index is 13.3. The van der Waals surface area contributed by atoms with Crippen molar-refractivity contribution in [1.82, 2.24) is 10.2 Å². The molecular weight excluding hydrogens is 418 g/mol. The smallest absolute Gasteiger partial charge is 0.325 e. The zero-order chi connectivity index (χ0) is 24.4. The number of urea groups is 1. The highest BCUT2D eigenvalue weighted by molar-refractivity contribution is 6.08. The van der Waals surface area contributed by atoms with Gasteiger partial charge in [0.1, 0.15) is 11.8 Å². The normalized spacial score (nSPS) is 14.0. The van der Waals surface area contributed by atoms with E-state index in [2.05, 4.69) is 17.0 Å². The summed E-state index contributed by atoms with van der Waals surface area (Å²) in [5.74, 6) is 5.59. The van der Waals surface area contributed by atoms with Gasteiger partial charge in [0.05, 0.1) is 13.3 Å². The topological polar surface area (TPSA) is 100 Å². The average molecular weight is 452 g/mol. The molecule has 0 saturated carbocycles. The number of methoxy groups -OCH3 is 1. The minimum absolute atomic E-state index is 0.223. The number of carbonyl (C=O) groups excluding carboxylic acids is 2. The lowest BCUT2D eigenvalue weighted by Crippen LogP contribution is -2.43. The molecule has 0 spiro atoms. The zero-order valence-corrected chi connectivity index (χ0v) is 19.7. The summed E-state index contributed by atoms with van der Waals surface area (Å²) in [6, 6.07) is 13.7. The first-order valence-electron chi connectivity index (χ1n) is 11.0. The lowest BCUT2D eigenvalue weighted by molar-refractivity contribution is -0.125. The predicted octanol–water partition coefficient (Wildman–Crippen LogP) is 3.80. The second-order valence-corrected chi connectivity index (χ2v) is 7.05. The van der Waals surface area contributed by atoms with E-state index < -0.39 is 6.04 Å². The number of likely N-dealkylation sites (N-methyl/N-ethyl adjacent to an activating group) is 1. The van der Waals surface area contributed by atoms with Crippen LogP contribution in [0.2, 0.25) is 0 Å². The van der Waals surface area contributed by atoms with Crippen LogP contribution >= 0.6 is 0 Å². The molecule has 3 N–H and O–H groups in total. The number of hydrogen-bond donors (Lipinski definition) is 2. The van der Waals surface area contributed by atoms with Gasteiger partial charge in [0.25, 0.3) is 0 Å². The number of hydrazone groups is 1. The molecule has 1 unspecified atom stereocenters. The van der Waals surface area contributed by atoms with Crippen LogP contribution in [-0.4, -0.2) is 49.8 Å². The van der Waals surface area contributed by atoms with Crippen molar-refractivity contribution >= 4 is 29.4 Å². The predicted molar refractivity (Wildman–Crippen MR) is 133 cm³/mol. The van der Waals surface area contributed by atoms with Crippen LogP contribution in [0.4, 0.5) is 10.5 Å². The van der Waals surface area contributed by atoms with Crippen LogP contribution in [0.3, 0.4) is 0 Å². The Morgan fingerprint density at radius 2 is 1.94 bits per heavy atom. The Morgan fingerprint density at radius 1 is 1.24 bits per heavy atom. The Labute approximate surface area is 195 Å². The Balaban J connectivity index is 0.00000187. The largest absolute Gasteiger partial charge is 0.497 e. The number of amides is 3. The van der Waals surface area contributed by atoms with Gasteiger partial charge in [-0.05, 0) is 47.9 Å². The fraction of sp³-hybridized carbons (Fsp3) is 0.320. The van der Waals surface area contributed by atoms with E-state index in [1.807, 2.05) is 57.2 Å². The van der Waals surface area contributed by atoms with Crippen molar-refractivity contribution in [3.8, 4) is 5.75 Å². The molecule has 8 heteroatoms. The summed E-state index contributed by atoms with van der Waals surface area (Å²) < 4.78 is 5.30. The molecule has 1 fully saturated rings. The molecule has 0 aromatic heterocycles. The van der Waals surface area contributed by atoms with E-state index in [1.165, 1.54) is 6.21 Å². The molecule has 8 nitrogen and oxygen atoms in total. The van der Waals surface area contributed by atoms with E-state index in [1.54, 1.807) is 29.0 Å². The Bertz CT molecular complexity index is 988. The van der Waals surface area contributed by atoms with E-state index in [0.29, 0.717) is 36.5 Å². The Kier molecular flexibility index (Phi) is 9.47. The highest BCUT2D eigenvalue weighted by atomic mass is 16.5. The molecule has 2 aromatic carbocycles. The van der Waals surface area contributed by atoms with Gasteiger partial charge in [-0.2, -0.15) is 5.10 Å². The van der Waals surface area contributed by atoms with Crippen molar-refractivity contribution in [2.75, 3.05) is 31.6 Å². The number of nitrogens with one attached hydrogen (secondary N) is 1. The van der Waals surface area contributed by atoms with E-state index in [9.17, 15) is 9.59 Å². The van der Waals surface area contributed by atoms with Crippen LogP contribution in [0, 0.1) is 0 Å². The Morgan fingerprint density at radius 3 is 2.55 bits per heavy atom. The number of ether oxygens (including phenoxy) is 1. The van der Waals surface area contributed by atoms with Crippen molar-refractivity contribution in [3.63, 3.8) is 0 Å². The number of allylic oxidation sites excluding steroid dienone is 1. The molecular formula is C25H33N5O3. The van der Waals surface area contributed by atoms with Gasteiger partial charge in [-0.25, -0.2) is 4.79 Å². The van der Waals surface area contributed by atoms with Gasteiger partial charge in [-0.15, -0.1) is 0 Å². The van der Waals surface area contributed by atoms with Gasteiger partial charge < -0.3 is 20.8 Å². The zero-order valence-electron chi connectivity index (χ0n) is 19.7. The lowest BCUT2D eigenvalue weighted by Gasteiger charge is -2.27. The fourth-order valence-corrected chi connectivity index (χ4v) is 3.61. The number of rotatable bonds is 8. The average Bonchev–Trinajstić information content (AvgIpc) is 3.22. The van der Waals surface area contributed by atoms with Crippen molar-refractivity contribution in [2.24, 2.45) is 10.9 Å². The van der Waals surface area contributed by atoms with E-state index in [0.717, 1.165) is 11.3 Å². The van der Waals surface area contributed by atoms with Gasteiger partial charge in [0.15, 0.2) is 0 Å². The third-order valence-electron chi connectivity index (χ3n) is 5.14. The highest BCUT2D eigenvalue weighted by Gasteiger charge is 2.38. The van der Waals surface area contributed by atoms with Crippen LogP contribution in [0.15, 0.2) is 60.2 Å². The third kappa shape index (κ3) is 5.91. The monoisotopic (exact) mass is 451 g/mol. The minimum atomic E-state index is -0.743. The van der Waals surface area contributed by atoms with Crippen molar-refractivity contribution in [1.29, 1.82) is 0 Å². The summed E-state index contributed by atoms with van der Waals surface area (Å²) in [4.78, 5) is 29.4. The quantitative estimate of drug-likeness (QED) is 0.362. The SMILES string of the molecule is C=C(/C=N\N)c1ccc(N2CCN(C(C(=O)NCC)c3cccc(OC)c3)C2=O)cc1.CC. The molecule has 1 aliphatic heterocycles.